The maximum Gasteiger partial charge on any atom is 0.128 e. The number of aryl methyl sites for hydroxylation is 1. The predicted octanol–water partition coefficient (Wildman–Crippen LogP) is 2.99. The zero-order chi connectivity index (χ0) is 13.8. The minimum absolute atomic E-state index is 0.519. The molecule has 19 heavy (non-hydrogen) atoms. The van der Waals surface area contributed by atoms with E-state index in [-0.39, 0.29) is 0 Å². The lowest BCUT2D eigenvalue weighted by atomic mass is 10.1. The highest BCUT2D eigenvalue weighted by molar-refractivity contribution is 5.42. The number of anilines is 1. The van der Waals surface area contributed by atoms with Crippen LogP contribution in [0.25, 0.3) is 0 Å². The molecule has 0 radical (unpaired) electrons. The van der Waals surface area contributed by atoms with Gasteiger partial charge in [0.25, 0.3) is 0 Å². The quantitative estimate of drug-likeness (QED) is 0.818. The van der Waals surface area contributed by atoms with Crippen molar-refractivity contribution < 1.29 is 0 Å². The Kier molecular flexibility index (Phi) is 4.81. The Balaban J connectivity index is 2.09. The molecule has 0 spiro atoms. The molecule has 0 aromatic carbocycles. The molecule has 0 atom stereocenters. The third kappa shape index (κ3) is 4.50. The van der Waals surface area contributed by atoms with Crippen LogP contribution in [0.4, 0.5) is 5.82 Å². The van der Waals surface area contributed by atoms with Gasteiger partial charge in [-0.25, -0.2) is 4.98 Å². The van der Waals surface area contributed by atoms with Crippen LogP contribution in [0.3, 0.4) is 0 Å². The zero-order valence-corrected chi connectivity index (χ0v) is 12.7. The average molecular weight is 261 g/mol. The van der Waals surface area contributed by atoms with Crippen molar-refractivity contribution in [1.82, 2.24) is 10.3 Å². The van der Waals surface area contributed by atoms with Gasteiger partial charge in [0, 0.05) is 31.9 Å². The van der Waals surface area contributed by atoms with Crippen LogP contribution in [0.15, 0.2) is 12.1 Å². The van der Waals surface area contributed by atoms with E-state index in [4.69, 9.17) is 4.98 Å². The van der Waals surface area contributed by atoms with E-state index in [1.54, 1.807) is 0 Å². The second-order valence-electron chi connectivity index (χ2n) is 6.04. The number of hydrogen-bond donors (Lipinski definition) is 1. The maximum absolute atomic E-state index is 4.76. The molecule has 1 aromatic heterocycles. The summed E-state index contributed by atoms with van der Waals surface area (Å²) in [5.41, 5.74) is 2.54. The van der Waals surface area contributed by atoms with Crippen molar-refractivity contribution >= 4 is 5.82 Å². The molecule has 1 N–H and O–H groups in total. The van der Waals surface area contributed by atoms with Gasteiger partial charge in [0.1, 0.15) is 5.82 Å². The number of nitrogens with one attached hydrogen (secondary N) is 1. The molecule has 0 bridgehead atoms. The molecular weight excluding hydrogens is 234 g/mol. The molecule has 1 fully saturated rings. The Bertz CT molecular complexity index is 410. The fourth-order valence-corrected chi connectivity index (χ4v) is 2.22. The predicted molar refractivity (Wildman–Crippen MR) is 81.6 cm³/mol. The zero-order valence-electron chi connectivity index (χ0n) is 12.7. The van der Waals surface area contributed by atoms with Gasteiger partial charge in [-0.2, -0.15) is 0 Å². The standard InChI is InChI=1S/C16H27N3/c1-5-15-8-14(10-17-12(2)3)9-16(18-15)19(4)11-13-6-7-13/h8-9,12-13,17H,5-7,10-11H2,1-4H3. The summed E-state index contributed by atoms with van der Waals surface area (Å²) in [7, 11) is 2.17. The van der Waals surface area contributed by atoms with Crippen LogP contribution >= 0.6 is 0 Å². The molecule has 2 rings (SSSR count). The Labute approximate surface area is 117 Å². The first kappa shape index (κ1) is 14.3. The molecule has 0 amide bonds. The SMILES string of the molecule is CCc1cc(CNC(C)C)cc(N(C)CC2CC2)n1. The number of hydrogen-bond acceptors (Lipinski definition) is 3. The van der Waals surface area contributed by atoms with Crippen molar-refractivity contribution in [2.75, 3.05) is 18.5 Å². The summed E-state index contributed by atoms with van der Waals surface area (Å²) < 4.78 is 0. The van der Waals surface area contributed by atoms with Gasteiger partial charge in [-0.15, -0.1) is 0 Å². The summed E-state index contributed by atoms with van der Waals surface area (Å²) in [5.74, 6) is 2.03. The van der Waals surface area contributed by atoms with E-state index >= 15 is 0 Å². The molecule has 0 aliphatic heterocycles. The number of aromatic nitrogens is 1. The van der Waals surface area contributed by atoms with E-state index in [0.29, 0.717) is 6.04 Å². The average Bonchev–Trinajstić information content (AvgIpc) is 3.19. The summed E-state index contributed by atoms with van der Waals surface area (Å²) in [6.07, 6.45) is 3.78. The smallest absolute Gasteiger partial charge is 0.128 e. The highest BCUT2D eigenvalue weighted by Crippen LogP contribution is 2.30. The fourth-order valence-electron chi connectivity index (χ4n) is 2.22. The monoisotopic (exact) mass is 261 g/mol. The molecular formula is C16H27N3. The van der Waals surface area contributed by atoms with E-state index in [1.165, 1.54) is 24.1 Å². The van der Waals surface area contributed by atoms with Gasteiger partial charge in [-0.1, -0.05) is 20.8 Å². The topological polar surface area (TPSA) is 28.2 Å². The van der Waals surface area contributed by atoms with E-state index < -0.39 is 0 Å². The van der Waals surface area contributed by atoms with Crippen molar-refractivity contribution in [3.05, 3.63) is 23.4 Å². The highest BCUT2D eigenvalue weighted by Gasteiger charge is 2.23. The summed E-state index contributed by atoms with van der Waals surface area (Å²) in [5, 5.41) is 3.49. The number of rotatable bonds is 7. The second kappa shape index (κ2) is 6.38. The molecule has 3 nitrogen and oxygen atoms in total. The Morgan fingerprint density at radius 3 is 2.68 bits per heavy atom. The van der Waals surface area contributed by atoms with Gasteiger partial charge >= 0.3 is 0 Å². The first-order valence-electron chi connectivity index (χ1n) is 7.52. The Hall–Kier alpha value is -1.09. The lowest BCUT2D eigenvalue weighted by Gasteiger charge is -2.20. The maximum atomic E-state index is 4.76. The van der Waals surface area contributed by atoms with Crippen molar-refractivity contribution in [1.29, 1.82) is 0 Å². The molecule has 1 heterocycles. The minimum Gasteiger partial charge on any atom is -0.359 e. The van der Waals surface area contributed by atoms with Crippen LogP contribution in [0, 0.1) is 5.92 Å². The van der Waals surface area contributed by atoms with Crippen molar-refractivity contribution in [2.24, 2.45) is 5.92 Å². The van der Waals surface area contributed by atoms with E-state index in [2.05, 4.69) is 50.2 Å². The van der Waals surface area contributed by atoms with Gasteiger partial charge in [-0.05, 0) is 42.9 Å². The molecule has 3 heteroatoms. The first-order chi connectivity index (χ1) is 9.08. The number of pyridine rings is 1. The van der Waals surface area contributed by atoms with Crippen LogP contribution < -0.4 is 10.2 Å². The van der Waals surface area contributed by atoms with Crippen molar-refractivity contribution in [3.63, 3.8) is 0 Å². The molecule has 106 valence electrons. The van der Waals surface area contributed by atoms with Gasteiger partial charge in [0.15, 0.2) is 0 Å². The van der Waals surface area contributed by atoms with E-state index in [9.17, 15) is 0 Å². The number of nitrogens with zero attached hydrogens (tertiary/aromatic N) is 2. The highest BCUT2D eigenvalue weighted by atomic mass is 15.2. The normalized spacial score (nSPS) is 15.0. The van der Waals surface area contributed by atoms with Crippen LogP contribution in [0.2, 0.25) is 0 Å². The fraction of sp³-hybridized carbons (Fsp3) is 0.688. The Morgan fingerprint density at radius 2 is 2.11 bits per heavy atom. The van der Waals surface area contributed by atoms with Crippen molar-refractivity contribution in [2.45, 2.75) is 52.6 Å². The van der Waals surface area contributed by atoms with E-state index in [0.717, 1.165) is 31.2 Å². The van der Waals surface area contributed by atoms with Gasteiger partial charge in [0.05, 0.1) is 0 Å². The van der Waals surface area contributed by atoms with Crippen LogP contribution in [0.1, 0.15) is 44.9 Å². The molecule has 1 aliphatic carbocycles. The summed E-state index contributed by atoms with van der Waals surface area (Å²) in [6.45, 7) is 8.62. The van der Waals surface area contributed by atoms with Crippen molar-refractivity contribution in [3.8, 4) is 0 Å². The lowest BCUT2D eigenvalue weighted by molar-refractivity contribution is 0.588. The molecule has 0 unspecified atom stereocenters. The van der Waals surface area contributed by atoms with Crippen LogP contribution in [-0.2, 0) is 13.0 Å². The minimum atomic E-state index is 0.519. The first-order valence-corrected chi connectivity index (χ1v) is 7.52. The van der Waals surface area contributed by atoms with Gasteiger partial charge < -0.3 is 10.2 Å². The van der Waals surface area contributed by atoms with Crippen LogP contribution in [0.5, 0.6) is 0 Å². The van der Waals surface area contributed by atoms with Gasteiger partial charge in [0.2, 0.25) is 0 Å². The second-order valence-corrected chi connectivity index (χ2v) is 6.04. The molecule has 1 aromatic rings. The third-order valence-corrected chi connectivity index (χ3v) is 3.62. The Morgan fingerprint density at radius 1 is 1.37 bits per heavy atom. The molecule has 0 saturated heterocycles. The van der Waals surface area contributed by atoms with E-state index in [1.807, 2.05) is 0 Å². The molecule has 1 aliphatic rings. The summed E-state index contributed by atoms with van der Waals surface area (Å²) in [6, 6.07) is 4.98. The lowest BCUT2D eigenvalue weighted by Crippen LogP contribution is -2.24. The summed E-state index contributed by atoms with van der Waals surface area (Å²) in [4.78, 5) is 7.07. The largest absolute Gasteiger partial charge is 0.359 e. The van der Waals surface area contributed by atoms with Crippen LogP contribution in [-0.4, -0.2) is 24.6 Å². The molecule has 1 saturated carbocycles. The van der Waals surface area contributed by atoms with Gasteiger partial charge in [-0.3, -0.25) is 0 Å². The third-order valence-electron chi connectivity index (χ3n) is 3.62. The summed E-state index contributed by atoms with van der Waals surface area (Å²) >= 11 is 0.